The van der Waals surface area contributed by atoms with Crippen molar-refractivity contribution >= 4 is 51.9 Å². The third-order valence-electron chi connectivity index (χ3n) is 5.49. The number of aryl methyl sites for hydroxylation is 1. The van der Waals surface area contributed by atoms with E-state index in [9.17, 15) is 4.79 Å². The first kappa shape index (κ1) is 21.0. The van der Waals surface area contributed by atoms with Crippen LogP contribution in [0.2, 0.25) is 5.02 Å². The molecule has 31 heavy (non-hydrogen) atoms. The van der Waals surface area contributed by atoms with E-state index < -0.39 is 5.54 Å². The fourth-order valence-corrected chi connectivity index (χ4v) is 4.47. The molecule has 3 aromatic rings. The van der Waals surface area contributed by atoms with Crippen LogP contribution in [0.5, 0.6) is 0 Å². The van der Waals surface area contributed by atoms with Gasteiger partial charge in [0.1, 0.15) is 5.54 Å². The number of benzene rings is 3. The highest BCUT2D eigenvalue weighted by Gasteiger charge is 2.50. The summed E-state index contributed by atoms with van der Waals surface area (Å²) in [5, 5.41) is 0.673. The van der Waals surface area contributed by atoms with Gasteiger partial charge in [0.25, 0.3) is 5.91 Å². The minimum absolute atomic E-state index is 0.147. The standard InChI is InChI=1S/C25H20ClN3OS/c1-16-5-7-17(8-6-16)18-9-11-19(12-10-18)29-24(31)28(23(30)25(29,2)3)20-13-14-22(27-4)21(26)15-20/h5-15H,1-3H3. The Morgan fingerprint density at radius 2 is 1.48 bits per heavy atom. The average molecular weight is 446 g/mol. The van der Waals surface area contributed by atoms with Gasteiger partial charge in [0, 0.05) is 10.7 Å². The molecule has 154 valence electrons. The summed E-state index contributed by atoms with van der Waals surface area (Å²) in [6, 6.07) is 21.3. The maximum Gasteiger partial charge on any atom is 0.259 e. The molecule has 0 unspecified atom stereocenters. The first-order chi connectivity index (χ1) is 14.7. The van der Waals surface area contributed by atoms with Crippen LogP contribution in [0.4, 0.5) is 17.1 Å². The van der Waals surface area contributed by atoms with E-state index in [1.807, 2.05) is 43.0 Å². The van der Waals surface area contributed by atoms with Crippen molar-refractivity contribution in [1.29, 1.82) is 0 Å². The molecule has 0 spiro atoms. The number of hydrogen-bond acceptors (Lipinski definition) is 2. The van der Waals surface area contributed by atoms with Crippen LogP contribution < -0.4 is 9.80 Å². The van der Waals surface area contributed by atoms with Gasteiger partial charge in [0.2, 0.25) is 5.69 Å². The monoisotopic (exact) mass is 445 g/mol. The molecule has 4 nitrogen and oxygen atoms in total. The Labute approximate surface area is 192 Å². The van der Waals surface area contributed by atoms with Crippen molar-refractivity contribution in [2.45, 2.75) is 26.3 Å². The van der Waals surface area contributed by atoms with Crippen molar-refractivity contribution in [1.82, 2.24) is 0 Å². The second-order valence-corrected chi connectivity index (χ2v) is 8.75. The fraction of sp³-hybridized carbons (Fsp3) is 0.160. The lowest BCUT2D eigenvalue weighted by Crippen LogP contribution is -2.44. The second-order valence-electron chi connectivity index (χ2n) is 7.98. The topological polar surface area (TPSA) is 27.9 Å². The van der Waals surface area contributed by atoms with Gasteiger partial charge in [-0.2, -0.15) is 0 Å². The van der Waals surface area contributed by atoms with Crippen molar-refractivity contribution in [2.75, 3.05) is 9.80 Å². The smallest absolute Gasteiger partial charge is 0.259 e. The Kier molecular flexibility index (Phi) is 5.30. The summed E-state index contributed by atoms with van der Waals surface area (Å²) in [6.07, 6.45) is 0. The van der Waals surface area contributed by atoms with Crippen molar-refractivity contribution in [2.24, 2.45) is 0 Å². The Bertz CT molecular complexity index is 1230. The quantitative estimate of drug-likeness (QED) is 0.328. The number of carbonyl (C=O) groups is 1. The molecular formula is C25H20ClN3OS. The first-order valence-electron chi connectivity index (χ1n) is 9.77. The maximum absolute atomic E-state index is 13.3. The van der Waals surface area contributed by atoms with Gasteiger partial charge in [-0.05, 0) is 68.4 Å². The summed E-state index contributed by atoms with van der Waals surface area (Å²) < 4.78 is 0. The number of nitrogens with zero attached hydrogens (tertiary/aromatic N) is 3. The van der Waals surface area contributed by atoms with Gasteiger partial charge < -0.3 is 4.90 Å². The summed E-state index contributed by atoms with van der Waals surface area (Å²) in [6.45, 7) is 12.9. The molecule has 0 aliphatic carbocycles. The molecule has 3 aromatic carbocycles. The van der Waals surface area contributed by atoms with Crippen LogP contribution in [-0.4, -0.2) is 16.6 Å². The zero-order valence-electron chi connectivity index (χ0n) is 17.4. The molecule has 1 heterocycles. The van der Waals surface area contributed by atoms with Crippen LogP contribution >= 0.6 is 23.8 Å². The molecule has 1 aliphatic rings. The molecule has 0 bridgehead atoms. The molecule has 4 rings (SSSR count). The number of anilines is 2. The molecule has 0 aromatic heterocycles. The van der Waals surface area contributed by atoms with Crippen LogP contribution in [0.1, 0.15) is 19.4 Å². The van der Waals surface area contributed by atoms with Gasteiger partial charge in [0.05, 0.1) is 12.3 Å². The number of halogens is 1. The number of amides is 1. The largest absolute Gasteiger partial charge is 0.304 e. The Balaban J connectivity index is 1.69. The number of hydrogen-bond donors (Lipinski definition) is 0. The Hall–Kier alpha value is -3.20. The van der Waals surface area contributed by atoms with Gasteiger partial charge in [-0.1, -0.05) is 59.6 Å². The molecule has 0 saturated carbocycles. The number of carbonyl (C=O) groups excluding carboxylic acids is 1. The summed E-state index contributed by atoms with van der Waals surface area (Å²) in [4.78, 5) is 20.0. The van der Waals surface area contributed by atoms with Crippen LogP contribution in [-0.2, 0) is 4.79 Å². The number of thiocarbonyl (C=S) groups is 1. The molecule has 1 fully saturated rings. The zero-order valence-corrected chi connectivity index (χ0v) is 19.0. The molecular weight excluding hydrogens is 426 g/mol. The van der Waals surface area contributed by atoms with Gasteiger partial charge >= 0.3 is 0 Å². The van der Waals surface area contributed by atoms with E-state index >= 15 is 0 Å². The minimum atomic E-state index is -0.868. The molecule has 1 amide bonds. The third kappa shape index (κ3) is 3.59. The molecule has 0 atom stereocenters. The molecule has 1 aliphatic heterocycles. The van der Waals surface area contributed by atoms with Gasteiger partial charge in [0.15, 0.2) is 5.11 Å². The van der Waals surface area contributed by atoms with Crippen molar-refractivity contribution in [3.63, 3.8) is 0 Å². The van der Waals surface area contributed by atoms with E-state index in [1.165, 1.54) is 10.5 Å². The van der Waals surface area contributed by atoms with Crippen molar-refractivity contribution in [3.8, 4) is 11.1 Å². The lowest BCUT2D eigenvalue weighted by atomic mass is 10.0. The predicted molar refractivity (Wildman–Crippen MR) is 131 cm³/mol. The molecule has 1 saturated heterocycles. The predicted octanol–water partition coefficient (Wildman–Crippen LogP) is 6.78. The highest BCUT2D eigenvalue weighted by Crippen LogP contribution is 2.39. The Morgan fingerprint density at radius 3 is 2.03 bits per heavy atom. The minimum Gasteiger partial charge on any atom is -0.304 e. The number of rotatable bonds is 3. The van der Waals surface area contributed by atoms with E-state index in [0.717, 1.165) is 16.8 Å². The lowest BCUT2D eigenvalue weighted by Gasteiger charge is -2.29. The van der Waals surface area contributed by atoms with E-state index in [1.54, 1.807) is 18.2 Å². The van der Waals surface area contributed by atoms with Crippen LogP contribution in [0.3, 0.4) is 0 Å². The van der Waals surface area contributed by atoms with Gasteiger partial charge in [-0.25, -0.2) is 4.85 Å². The highest BCUT2D eigenvalue weighted by molar-refractivity contribution is 7.81. The van der Waals surface area contributed by atoms with Crippen LogP contribution in [0.15, 0.2) is 66.7 Å². The lowest BCUT2D eigenvalue weighted by molar-refractivity contribution is -0.120. The summed E-state index contributed by atoms with van der Waals surface area (Å²) in [5.74, 6) is -0.147. The first-order valence-corrected chi connectivity index (χ1v) is 10.6. The fourth-order valence-electron chi connectivity index (χ4n) is 3.73. The van der Waals surface area contributed by atoms with E-state index in [-0.39, 0.29) is 5.91 Å². The van der Waals surface area contributed by atoms with Crippen LogP contribution in [0.25, 0.3) is 16.0 Å². The Morgan fingerprint density at radius 1 is 0.935 bits per heavy atom. The third-order valence-corrected chi connectivity index (χ3v) is 6.16. The summed E-state index contributed by atoms with van der Waals surface area (Å²) in [5.41, 5.74) is 4.31. The maximum atomic E-state index is 13.3. The van der Waals surface area contributed by atoms with E-state index in [2.05, 4.69) is 36.0 Å². The second kappa shape index (κ2) is 7.81. The van der Waals surface area contributed by atoms with Crippen molar-refractivity contribution in [3.05, 3.63) is 88.7 Å². The molecule has 0 radical (unpaired) electrons. The zero-order chi connectivity index (χ0) is 22.3. The van der Waals surface area contributed by atoms with E-state index in [0.29, 0.717) is 21.5 Å². The van der Waals surface area contributed by atoms with E-state index in [4.69, 9.17) is 30.4 Å². The molecule has 0 N–H and O–H groups in total. The van der Waals surface area contributed by atoms with Crippen LogP contribution in [0, 0.1) is 13.5 Å². The molecule has 6 heteroatoms. The van der Waals surface area contributed by atoms with Gasteiger partial charge in [-0.3, -0.25) is 9.69 Å². The summed E-state index contributed by atoms with van der Waals surface area (Å²) >= 11 is 11.9. The van der Waals surface area contributed by atoms with Gasteiger partial charge in [-0.15, -0.1) is 0 Å². The van der Waals surface area contributed by atoms with Crippen molar-refractivity contribution < 1.29 is 4.79 Å². The summed E-state index contributed by atoms with van der Waals surface area (Å²) in [7, 11) is 0. The SMILES string of the molecule is [C-]#[N+]c1ccc(N2C(=O)C(C)(C)N(c3ccc(-c4ccc(C)cc4)cc3)C2=S)cc1Cl. The normalized spacial score (nSPS) is 15.3. The highest BCUT2D eigenvalue weighted by atomic mass is 35.5. The average Bonchev–Trinajstić information content (AvgIpc) is 2.92.